The second-order valence-electron chi connectivity index (χ2n) is 6.40. The molecule has 0 atom stereocenters. The first kappa shape index (κ1) is 16.3. The van der Waals surface area contributed by atoms with Gasteiger partial charge in [0.1, 0.15) is 0 Å². The Morgan fingerprint density at radius 3 is 2.24 bits per heavy atom. The molecular weight excluding hydrogens is 284 g/mol. The second kappa shape index (κ2) is 6.79. The number of anilines is 1. The fourth-order valence-corrected chi connectivity index (χ4v) is 3.98. The summed E-state index contributed by atoms with van der Waals surface area (Å²) in [7, 11) is -0.665. The molecule has 1 saturated heterocycles. The van der Waals surface area contributed by atoms with Crippen LogP contribution < -0.4 is 4.90 Å². The summed E-state index contributed by atoms with van der Waals surface area (Å²) in [4.78, 5) is 4.48. The molecule has 1 aliphatic rings. The van der Waals surface area contributed by atoms with Crippen molar-refractivity contribution in [3.8, 4) is 0 Å². The third kappa shape index (κ3) is 5.00. The first-order valence-electron chi connectivity index (χ1n) is 7.58. The van der Waals surface area contributed by atoms with Crippen molar-refractivity contribution in [3.05, 3.63) is 29.8 Å². The lowest BCUT2D eigenvalue weighted by molar-refractivity contribution is 0.288. The van der Waals surface area contributed by atoms with Crippen molar-refractivity contribution in [2.24, 2.45) is 5.92 Å². The van der Waals surface area contributed by atoms with Gasteiger partial charge in [0, 0.05) is 31.9 Å². The monoisotopic (exact) mass is 310 g/mol. The molecule has 118 valence electrons. The van der Waals surface area contributed by atoms with Crippen LogP contribution in [0.2, 0.25) is 0 Å². The van der Waals surface area contributed by atoms with Gasteiger partial charge in [0.2, 0.25) is 0 Å². The normalized spacial score (nSPS) is 18.4. The quantitative estimate of drug-likeness (QED) is 0.834. The minimum atomic E-state index is -2.81. The maximum Gasteiger partial charge on any atom is 0.153 e. The molecule has 5 heteroatoms. The van der Waals surface area contributed by atoms with Gasteiger partial charge >= 0.3 is 0 Å². The molecule has 0 N–H and O–H groups in total. The molecule has 4 nitrogen and oxygen atoms in total. The molecule has 1 aromatic rings. The minimum absolute atomic E-state index is 0.270. The van der Waals surface area contributed by atoms with Crippen LogP contribution in [0.1, 0.15) is 19.4 Å². The Morgan fingerprint density at radius 1 is 1.14 bits per heavy atom. The molecular formula is C16H26N2O2S. The molecule has 0 spiro atoms. The highest BCUT2D eigenvalue weighted by atomic mass is 32.2. The summed E-state index contributed by atoms with van der Waals surface area (Å²) in [5.41, 5.74) is 2.42. The fourth-order valence-electron chi connectivity index (χ4n) is 2.78. The summed E-state index contributed by atoms with van der Waals surface area (Å²) in [5, 5.41) is 0. The Bertz CT molecular complexity index is 538. The van der Waals surface area contributed by atoms with E-state index in [9.17, 15) is 8.42 Å². The predicted octanol–water partition coefficient (Wildman–Crippen LogP) is 2.01. The van der Waals surface area contributed by atoms with Gasteiger partial charge in [-0.05, 0) is 30.7 Å². The van der Waals surface area contributed by atoms with E-state index in [0.717, 1.165) is 18.8 Å². The summed E-state index contributed by atoms with van der Waals surface area (Å²) in [6.07, 6.45) is 0. The predicted molar refractivity (Wildman–Crippen MR) is 88.5 cm³/mol. The summed E-state index contributed by atoms with van der Waals surface area (Å²) < 4.78 is 22.9. The molecule has 0 aromatic heterocycles. The van der Waals surface area contributed by atoms with E-state index in [1.807, 2.05) is 0 Å². The van der Waals surface area contributed by atoms with Gasteiger partial charge in [-0.15, -0.1) is 0 Å². The van der Waals surface area contributed by atoms with E-state index in [1.165, 1.54) is 5.56 Å². The van der Waals surface area contributed by atoms with E-state index in [2.05, 4.69) is 55.0 Å². The van der Waals surface area contributed by atoms with Crippen molar-refractivity contribution in [2.75, 3.05) is 43.1 Å². The van der Waals surface area contributed by atoms with Gasteiger partial charge in [0.05, 0.1) is 11.5 Å². The average molecular weight is 310 g/mol. The molecule has 1 aromatic carbocycles. The SMILES string of the molecule is CC(C)CN(C)Cc1ccc(N2CCS(=O)(=O)CC2)cc1. The average Bonchev–Trinajstić information content (AvgIpc) is 2.39. The van der Waals surface area contributed by atoms with Crippen LogP contribution >= 0.6 is 0 Å². The summed E-state index contributed by atoms with van der Waals surface area (Å²) in [6, 6.07) is 8.51. The van der Waals surface area contributed by atoms with Gasteiger partial charge in [0.25, 0.3) is 0 Å². The molecule has 2 rings (SSSR count). The number of sulfone groups is 1. The van der Waals surface area contributed by atoms with Crippen molar-refractivity contribution in [3.63, 3.8) is 0 Å². The van der Waals surface area contributed by atoms with Crippen LogP contribution in [0.4, 0.5) is 5.69 Å². The molecule has 0 unspecified atom stereocenters. The van der Waals surface area contributed by atoms with Crippen LogP contribution in [0.25, 0.3) is 0 Å². The standard InChI is InChI=1S/C16H26N2O2S/c1-14(2)12-17(3)13-15-4-6-16(7-5-15)18-8-10-21(19,20)11-9-18/h4-7,14H,8-13H2,1-3H3. The zero-order valence-electron chi connectivity index (χ0n) is 13.2. The van der Waals surface area contributed by atoms with Gasteiger partial charge in [-0.1, -0.05) is 26.0 Å². The van der Waals surface area contributed by atoms with E-state index in [0.29, 0.717) is 19.0 Å². The van der Waals surface area contributed by atoms with Crippen molar-refractivity contribution >= 4 is 15.5 Å². The molecule has 0 saturated carbocycles. The van der Waals surface area contributed by atoms with E-state index in [1.54, 1.807) is 0 Å². The highest BCUT2D eigenvalue weighted by Crippen LogP contribution is 2.18. The largest absolute Gasteiger partial charge is 0.369 e. The molecule has 21 heavy (non-hydrogen) atoms. The summed E-state index contributed by atoms with van der Waals surface area (Å²) in [5.74, 6) is 1.21. The molecule has 0 radical (unpaired) electrons. The third-order valence-electron chi connectivity index (χ3n) is 3.78. The van der Waals surface area contributed by atoms with E-state index >= 15 is 0 Å². The summed E-state index contributed by atoms with van der Waals surface area (Å²) >= 11 is 0. The lowest BCUT2D eigenvalue weighted by atomic mass is 10.1. The molecule has 0 bridgehead atoms. The Balaban J connectivity index is 1.93. The van der Waals surface area contributed by atoms with Gasteiger partial charge in [-0.25, -0.2) is 8.42 Å². The van der Waals surface area contributed by atoms with Crippen LogP contribution in [0.5, 0.6) is 0 Å². The molecule has 0 amide bonds. The van der Waals surface area contributed by atoms with Crippen molar-refractivity contribution in [2.45, 2.75) is 20.4 Å². The first-order chi connectivity index (χ1) is 9.85. The highest BCUT2D eigenvalue weighted by Gasteiger charge is 2.21. The van der Waals surface area contributed by atoms with Crippen LogP contribution in [-0.2, 0) is 16.4 Å². The maximum absolute atomic E-state index is 11.5. The highest BCUT2D eigenvalue weighted by molar-refractivity contribution is 7.91. The maximum atomic E-state index is 11.5. The van der Waals surface area contributed by atoms with E-state index in [-0.39, 0.29) is 11.5 Å². The Kier molecular flexibility index (Phi) is 5.27. The zero-order chi connectivity index (χ0) is 15.5. The first-order valence-corrected chi connectivity index (χ1v) is 9.41. The number of rotatable bonds is 5. The Hall–Kier alpha value is -1.07. The van der Waals surface area contributed by atoms with Gasteiger partial charge in [-0.3, -0.25) is 0 Å². The van der Waals surface area contributed by atoms with Crippen molar-refractivity contribution in [1.29, 1.82) is 0 Å². The fraction of sp³-hybridized carbons (Fsp3) is 0.625. The molecule has 1 heterocycles. The van der Waals surface area contributed by atoms with Crippen LogP contribution in [0.15, 0.2) is 24.3 Å². The second-order valence-corrected chi connectivity index (χ2v) is 8.70. The topological polar surface area (TPSA) is 40.6 Å². The Morgan fingerprint density at radius 2 is 1.71 bits per heavy atom. The summed E-state index contributed by atoms with van der Waals surface area (Å²) in [6.45, 7) is 7.70. The number of benzene rings is 1. The van der Waals surface area contributed by atoms with Crippen LogP contribution in [0.3, 0.4) is 0 Å². The smallest absolute Gasteiger partial charge is 0.153 e. The molecule has 0 aliphatic carbocycles. The third-order valence-corrected chi connectivity index (χ3v) is 5.38. The van der Waals surface area contributed by atoms with Gasteiger partial charge in [-0.2, -0.15) is 0 Å². The van der Waals surface area contributed by atoms with E-state index < -0.39 is 9.84 Å². The van der Waals surface area contributed by atoms with E-state index in [4.69, 9.17) is 0 Å². The van der Waals surface area contributed by atoms with Crippen LogP contribution in [0, 0.1) is 5.92 Å². The van der Waals surface area contributed by atoms with Crippen molar-refractivity contribution in [1.82, 2.24) is 4.90 Å². The lowest BCUT2D eigenvalue weighted by Crippen LogP contribution is -2.40. The lowest BCUT2D eigenvalue weighted by Gasteiger charge is -2.29. The minimum Gasteiger partial charge on any atom is -0.369 e. The molecule has 1 fully saturated rings. The number of hydrogen-bond acceptors (Lipinski definition) is 4. The Labute approximate surface area is 128 Å². The van der Waals surface area contributed by atoms with Gasteiger partial charge in [0.15, 0.2) is 9.84 Å². The molecule has 1 aliphatic heterocycles. The number of nitrogens with zero attached hydrogens (tertiary/aromatic N) is 2. The number of hydrogen-bond donors (Lipinski definition) is 0. The van der Waals surface area contributed by atoms with Crippen molar-refractivity contribution < 1.29 is 8.42 Å². The van der Waals surface area contributed by atoms with Gasteiger partial charge < -0.3 is 9.80 Å². The zero-order valence-corrected chi connectivity index (χ0v) is 14.1. The van der Waals surface area contributed by atoms with Crippen LogP contribution in [-0.4, -0.2) is 51.5 Å².